The summed E-state index contributed by atoms with van der Waals surface area (Å²) in [6, 6.07) is 0. The summed E-state index contributed by atoms with van der Waals surface area (Å²) < 4.78 is 7.28. The van der Waals surface area contributed by atoms with E-state index in [1.165, 1.54) is 14.2 Å². The lowest BCUT2D eigenvalue weighted by atomic mass is 10.3. The molecule has 12 heavy (non-hydrogen) atoms. The van der Waals surface area contributed by atoms with Crippen LogP contribution in [0, 0.1) is 0 Å². The molecule has 0 aromatic heterocycles. The zero-order valence-electron chi connectivity index (χ0n) is 6.73. The number of hydrogen-bond donors (Lipinski definition) is 2. The van der Waals surface area contributed by atoms with E-state index in [4.69, 9.17) is 0 Å². The molecule has 0 fully saturated rings. The van der Waals surface area contributed by atoms with Gasteiger partial charge in [0.15, 0.2) is 4.08 Å². The van der Waals surface area contributed by atoms with Crippen molar-refractivity contribution in [3.05, 3.63) is 0 Å². The molecule has 0 aromatic carbocycles. The Balaban J connectivity index is 4.21. The molecule has 0 radical (unpaired) electrons. The van der Waals surface area contributed by atoms with Crippen molar-refractivity contribution in [1.82, 2.24) is 0 Å². The van der Waals surface area contributed by atoms with Crippen LogP contribution in [0.25, 0.3) is 0 Å². The van der Waals surface area contributed by atoms with Crippen LogP contribution in [-0.2, 0) is 19.1 Å². The highest BCUT2D eigenvalue weighted by molar-refractivity contribution is 8.02. The van der Waals surface area contributed by atoms with E-state index in [0.29, 0.717) is 0 Å². The second-order valence-electron chi connectivity index (χ2n) is 2.06. The van der Waals surface area contributed by atoms with E-state index >= 15 is 0 Å². The van der Waals surface area contributed by atoms with E-state index in [1.807, 2.05) is 0 Å². The second kappa shape index (κ2) is 4.61. The molecular formula is C6H10O4S2. The quantitative estimate of drug-likeness (QED) is 0.399. The first kappa shape index (κ1) is 11.6. The summed E-state index contributed by atoms with van der Waals surface area (Å²) in [5.41, 5.74) is 0. The number of ether oxygens (including phenoxy) is 2. The summed E-state index contributed by atoms with van der Waals surface area (Å²) >= 11 is 7.69. The molecule has 0 atom stereocenters. The van der Waals surface area contributed by atoms with E-state index in [9.17, 15) is 9.59 Å². The van der Waals surface area contributed by atoms with Gasteiger partial charge in [-0.3, -0.25) is 4.79 Å². The highest BCUT2D eigenvalue weighted by Crippen LogP contribution is 2.25. The Morgan fingerprint density at radius 3 is 2.08 bits per heavy atom. The van der Waals surface area contributed by atoms with Gasteiger partial charge in [0.1, 0.15) is 0 Å². The van der Waals surface area contributed by atoms with Crippen molar-refractivity contribution >= 4 is 37.2 Å². The predicted molar refractivity (Wildman–Crippen MR) is 49.4 cm³/mol. The summed E-state index contributed by atoms with van der Waals surface area (Å²) in [6.07, 6.45) is -0.234. The van der Waals surface area contributed by atoms with Crippen molar-refractivity contribution in [1.29, 1.82) is 0 Å². The third kappa shape index (κ3) is 3.36. The molecule has 0 aromatic rings. The zero-order valence-corrected chi connectivity index (χ0v) is 8.52. The fourth-order valence-corrected chi connectivity index (χ4v) is 0.950. The number of hydrogen-bond acceptors (Lipinski definition) is 6. The lowest BCUT2D eigenvalue weighted by Crippen LogP contribution is -2.31. The summed E-state index contributed by atoms with van der Waals surface area (Å²) in [6.45, 7) is 0. The average Bonchev–Trinajstić information content (AvgIpc) is 2.02. The van der Waals surface area contributed by atoms with Gasteiger partial charge in [0.2, 0.25) is 0 Å². The molecule has 0 saturated carbocycles. The van der Waals surface area contributed by atoms with Gasteiger partial charge in [0, 0.05) is 0 Å². The van der Waals surface area contributed by atoms with Crippen molar-refractivity contribution < 1.29 is 19.1 Å². The molecule has 0 aliphatic heterocycles. The Bertz CT molecular complexity index is 190. The van der Waals surface area contributed by atoms with Gasteiger partial charge in [-0.1, -0.05) is 0 Å². The van der Waals surface area contributed by atoms with Crippen molar-refractivity contribution in [3.63, 3.8) is 0 Å². The molecule has 0 saturated heterocycles. The summed E-state index contributed by atoms with van der Waals surface area (Å²) in [5.74, 6) is -1.25. The number of carbonyl (C=O) groups excluding carboxylic acids is 2. The fourth-order valence-electron chi connectivity index (χ4n) is 0.509. The monoisotopic (exact) mass is 210 g/mol. The average molecular weight is 210 g/mol. The van der Waals surface area contributed by atoms with Crippen LogP contribution in [0.5, 0.6) is 0 Å². The van der Waals surface area contributed by atoms with Crippen molar-refractivity contribution in [2.75, 3.05) is 14.2 Å². The highest BCUT2D eigenvalue weighted by Gasteiger charge is 2.34. The van der Waals surface area contributed by atoms with Crippen LogP contribution in [-0.4, -0.2) is 30.2 Å². The van der Waals surface area contributed by atoms with Crippen molar-refractivity contribution in [2.24, 2.45) is 0 Å². The summed E-state index contributed by atoms with van der Waals surface area (Å²) in [5, 5.41) is 0. The van der Waals surface area contributed by atoms with Gasteiger partial charge in [-0.25, -0.2) is 4.79 Å². The largest absolute Gasteiger partial charge is 0.469 e. The summed E-state index contributed by atoms with van der Waals surface area (Å²) in [7, 11) is 2.41. The SMILES string of the molecule is COC(=O)CC(S)(S)C(=O)OC. The summed E-state index contributed by atoms with van der Waals surface area (Å²) in [4.78, 5) is 21.6. The number of rotatable bonds is 3. The van der Waals surface area contributed by atoms with E-state index in [0.717, 1.165) is 0 Å². The highest BCUT2D eigenvalue weighted by atomic mass is 32.2. The van der Waals surface area contributed by atoms with Gasteiger partial charge in [0.05, 0.1) is 20.6 Å². The fraction of sp³-hybridized carbons (Fsp3) is 0.667. The van der Waals surface area contributed by atoms with E-state index in [1.54, 1.807) is 0 Å². The Labute approximate surface area is 81.4 Å². The minimum Gasteiger partial charge on any atom is -0.469 e. The van der Waals surface area contributed by atoms with Crippen LogP contribution >= 0.6 is 25.3 Å². The maximum atomic E-state index is 10.9. The smallest absolute Gasteiger partial charge is 0.332 e. The number of carbonyl (C=O) groups is 2. The van der Waals surface area contributed by atoms with E-state index < -0.39 is 16.0 Å². The van der Waals surface area contributed by atoms with Gasteiger partial charge in [0.25, 0.3) is 0 Å². The Kier molecular flexibility index (Phi) is 4.47. The lowest BCUT2D eigenvalue weighted by Gasteiger charge is -2.17. The number of esters is 2. The molecule has 0 heterocycles. The first-order valence-corrected chi connectivity index (χ1v) is 3.93. The first-order chi connectivity index (χ1) is 5.44. The third-order valence-corrected chi connectivity index (χ3v) is 1.81. The Morgan fingerprint density at radius 2 is 1.75 bits per heavy atom. The molecule has 70 valence electrons. The minimum atomic E-state index is -1.41. The van der Waals surface area contributed by atoms with Gasteiger partial charge >= 0.3 is 11.9 Å². The third-order valence-electron chi connectivity index (χ3n) is 1.13. The van der Waals surface area contributed by atoms with Gasteiger partial charge in [-0.2, -0.15) is 0 Å². The van der Waals surface area contributed by atoms with Crippen LogP contribution < -0.4 is 0 Å². The zero-order chi connectivity index (χ0) is 9.78. The van der Waals surface area contributed by atoms with Gasteiger partial charge < -0.3 is 9.47 Å². The molecule has 0 amide bonds. The standard InChI is InChI=1S/C6H10O4S2/c1-9-4(7)3-6(11,12)5(8)10-2/h11-12H,3H2,1-2H3. The van der Waals surface area contributed by atoms with E-state index in [2.05, 4.69) is 34.7 Å². The topological polar surface area (TPSA) is 52.6 Å². The molecule has 0 rings (SSSR count). The van der Waals surface area contributed by atoms with Gasteiger partial charge in [-0.05, 0) is 0 Å². The molecule has 0 spiro atoms. The minimum absolute atomic E-state index is 0.234. The molecule has 0 aliphatic carbocycles. The molecule has 0 N–H and O–H groups in total. The Morgan fingerprint density at radius 1 is 1.25 bits per heavy atom. The van der Waals surface area contributed by atoms with Crippen LogP contribution in [0.1, 0.15) is 6.42 Å². The number of thiol groups is 2. The molecule has 0 unspecified atom stereocenters. The maximum absolute atomic E-state index is 10.9. The van der Waals surface area contributed by atoms with Crippen LogP contribution in [0.15, 0.2) is 0 Å². The second-order valence-corrected chi connectivity index (χ2v) is 3.94. The van der Waals surface area contributed by atoms with Crippen LogP contribution in [0.3, 0.4) is 0 Å². The predicted octanol–water partition coefficient (Wildman–Crippen LogP) is 0.278. The molecule has 0 bridgehead atoms. The molecule has 6 heteroatoms. The first-order valence-electron chi connectivity index (χ1n) is 3.04. The molecule has 0 aliphatic rings. The maximum Gasteiger partial charge on any atom is 0.332 e. The molecular weight excluding hydrogens is 200 g/mol. The molecule has 4 nitrogen and oxygen atoms in total. The van der Waals surface area contributed by atoms with Crippen LogP contribution in [0.2, 0.25) is 0 Å². The lowest BCUT2D eigenvalue weighted by molar-refractivity contribution is -0.147. The number of methoxy groups -OCH3 is 2. The van der Waals surface area contributed by atoms with Crippen molar-refractivity contribution in [3.8, 4) is 0 Å². The normalized spacial score (nSPS) is 10.7. The van der Waals surface area contributed by atoms with Gasteiger partial charge in [-0.15, -0.1) is 25.3 Å². The van der Waals surface area contributed by atoms with Crippen LogP contribution in [0.4, 0.5) is 0 Å². The Hall–Kier alpha value is -0.360. The van der Waals surface area contributed by atoms with Crippen molar-refractivity contribution in [2.45, 2.75) is 10.5 Å². The van der Waals surface area contributed by atoms with E-state index in [-0.39, 0.29) is 6.42 Å².